The standard InChI is InChI=1S/C18H17N3OS2/c1-11(16(22)14-8-7-12-4-2-5-13(12)10-14)24-18-19-17(20-21-18)15-6-3-9-23-15/h3,6-11H,2,4-5H2,1H3,(H,19,20,21)/t11-/m1/s1. The highest BCUT2D eigenvalue weighted by Gasteiger charge is 2.21. The topological polar surface area (TPSA) is 58.6 Å². The molecule has 1 aromatic carbocycles. The van der Waals surface area contributed by atoms with Gasteiger partial charge in [-0.1, -0.05) is 30.0 Å². The number of ketones is 1. The van der Waals surface area contributed by atoms with Crippen LogP contribution in [0.25, 0.3) is 10.7 Å². The van der Waals surface area contributed by atoms with Crippen molar-refractivity contribution in [2.75, 3.05) is 0 Å². The molecule has 1 N–H and O–H groups in total. The quantitative estimate of drug-likeness (QED) is 0.545. The van der Waals surface area contributed by atoms with Gasteiger partial charge >= 0.3 is 0 Å². The molecule has 4 nitrogen and oxygen atoms in total. The third-order valence-electron chi connectivity index (χ3n) is 4.25. The van der Waals surface area contributed by atoms with E-state index in [-0.39, 0.29) is 11.0 Å². The minimum atomic E-state index is -0.212. The van der Waals surface area contributed by atoms with Crippen molar-refractivity contribution >= 4 is 28.9 Å². The van der Waals surface area contributed by atoms with Crippen LogP contribution < -0.4 is 0 Å². The molecule has 6 heteroatoms. The summed E-state index contributed by atoms with van der Waals surface area (Å²) in [5.74, 6) is 0.891. The largest absolute Gasteiger partial charge is 0.293 e. The number of thioether (sulfide) groups is 1. The van der Waals surface area contributed by atoms with Gasteiger partial charge in [0.1, 0.15) is 0 Å². The average molecular weight is 355 g/mol. The maximum Gasteiger partial charge on any atom is 0.209 e. The molecule has 0 spiro atoms. The first-order valence-corrected chi connectivity index (χ1v) is 9.75. The van der Waals surface area contributed by atoms with Gasteiger partial charge in [0.15, 0.2) is 11.6 Å². The van der Waals surface area contributed by atoms with Crippen molar-refractivity contribution < 1.29 is 4.79 Å². The molecule has 0 fully saturated rings. The molecule has 0 bridgehead atoms. The molecule has 0 amide bonds. The number of benzene rings is 1. The Labute approximate surface area is 148 Å². The van der Waals surface area contributed by atoms with Crippen LogP contribution in [0.1, 0.15) is 34.8 Å². The van der Waals surface area contributed by atoms with Crippen molar-refractivity contribution in [3.63, 3.8) is 0 Å². The van der Waals surface area contributed by atoms with Crippen molar-refractivity contribution in [3.8, 4) is 10.7 Å². The number of nitrogens with one attached hydrogen (secondary N) is 1. The van der Waals surface area contributed by atoms with Crippen LogP contribution in [0.5, 0.6) is 0 Å². The summed E-state index contributed by atoms with van der Waals surface area (Å²) in [5, 5.41) is 9.58. The van der Waals surface area contributed by atoms with Gasteiger partial charge in [0.2, 0.25) is 5.16 Å². The zero-order valence-electron chi connectivity index (χ0n) is 13.3. The van der Waals surface area contributed by atoms with Crippen LogP contribution >= 0.6 is 23.1 Å². The monoisotopic (exact) mass is 355 g/mol. The fourth-order valence-corrected chi connectivity index (χ4v) is 4.46. The first-order valence-electron chi connectivity index (χ1n) is 7.99. The molecule has 24 heavy (non-hydrogen) atoms. The molecular formula is C18H17N3OS2. The maximum absolute atomic E-state index is 12.7. The predicted molar refractivity (Wildman–Crippen MR) is 97.8 cm³/mol. The van der Waals surface area contributed by atoms with E-state index < -0.39 is 0 Å². The van der Waals surface area contributed by atoms with E-state index in [0.29, 0.717) is 5.16 Å². The molecule has 0 aliphatic heterocycles. The number of fused-ring (bicyclic) bond motifs is 1. The Balaban J connectivity index is 1.48. The van der Waals surface area contributed by atoms with E-state index in [4.69, 9.17) is 0 Å². The number of thiophene rings is 1. The highest BCUT2D eigenvalue weighted by atomic mass is 32.2. The van der Waals surface area contributed by atoms with Gasteiger partial charge < -0.3 is 0 Å². The number of carbonyl (C=O) groups excluding carboxylic acids is 1. The molecule has 0 unspecified atom stereocenters. The zero-order chi connectivity index (χ0) is 16.5. The number of H-pyrrole nitrogens is 1. The molecule has 2 heterocycles. The highest BCUT2D eigenvalue weighted by molar-refractivity contribution is 8.00. The van der Waals surface area contributed by atoms with Gasteiger partial charge in [-0.25, -0.2) is 4.98 Å². The summed E-state index contributed by atoms with van der Waals surface area (Å²) >= 11 is 3.01. The lowest BCUT2D eigenvalue weighted by atomic mass is 10.0. The maximum atomic E-state index is 12.7. The number of nitrogens with zero attached hydrogens (tertiary/aromatic N) is 2. The normalized spacial score (nSPS) is 14.5. The van der Waals surface area contributed by atoms with Gasteiger partial charge in [0.25, 0.3) is 0 Å². The number of hydrogen-bond donors (Lipinski definition) is 1. The van der Waals surface area contributed by atoms with Crippen LogP contribution in [-0.2, 0) is 12.8 Å². The van der Waals surface area contributed by atoms with Gasteiger partial charge in [0.05, 0.1) is 10.1 Å². The van der Waals surface area contributed by atoms with Gasteiger partial charge in [-0.05, 0) is 54.8 Å². The number of rotatable bonds is 5. The van der Waals surface area contributed by atoms with Crippen molar-refractivity contribution in [2.45, 2.75) is 36.6 Å². The zero-order valence-corrected chi connectivity index (χ0v) is 14.9. The highest BCUT2D eigenvalue weighted by Crippen LogP contribution is 2.28. The first-order chi connectivity index (χ1) is 11.7. The average Bonchev–Trinajstić information content (AvgIpc) is 3.33. The number of hydrogen-bond acceptors (Lipinski definition) is 5. The summed E-state index contributed by atoms with van der Waals surface area (Å²) in [5.41, 5.74) is 3.52. The summed E-state index contributed by atoms with van der Waals surface area (Å²) in [4.78, 5) is 18.2. The molecule has 1 atom stereocenters. The van der Waals surface area contributed by atoms with E-state index in [9.17, 15) is 4.79 Å². The summed E-state index contributed by atoms with van der Waals surface area (Å²) in [7, 11) is 0. The number of aromatic amines is 1. The second-order valence-corrected chi connectivity index (χ2v) is 8.16. The van der Waals surface area contributed by atoms with Crippen LogP contribution in [-0.4, -0.2) is 26.2 Å². The summed E-state index contributed by atoms with van der Waals surface area (Å²) < 4.78 is 0. The first kappa shape index (κ1) is 15.6. The third-order valence-corrected chi connectivity index (χ3v) is 6.09. The summed E-state index contributed by atoms with van der Waals surface area (Å²) in [6.45, 7) is 1.92. The van der Waals surface area contributed by atoms with E-state index in [0.717, 1.165) is 29.1 Å². The number of carbonyl (C=O) groups is 1. The van der Waals surface area contributed by atoms with Crippen LogP contribution in [0.15, 0.2) is 40.9 Å². The van der Waals surface area contributed by atoms with Gasteiger partial charge in [-0.3, -0.25) is 9.89 Å². The van der Waals surface area contributed by atoms with Gasteiger partial charge in [-0.2, -0.15) is 0 Å². The Morgan fingerprint density at radius 3 is 3.00 bits per heavy atom. The summed E-state index contributed by atoms with van der Waals surface area (Å²) in [6, 6.07) is 10.1. The Kier molecular flexibility index (Phi) is 4.24. The Hall–Kier alpha value is -1.92. The van der Waals surface area contributed by atoms with Crippen LogP contribution in [0.4, 0.5) is 0 Å². The van der Waals surface area contributed by atoms with Crippen LogP contribution in [0, 0.1) is 0 Å². The van der Waals surface area contributed by atoms with Crippen molar-refractivity contribution in [3.05, 3.63) is 52.4 Å². The van der Waals surface area contributed by atoms with Crippen molar-refractivity contribution in [2.24, 2.45) is 0 Å². The third kappa shape index (κ3) is 3.03. The van der Waals surface area contributed by atoms with E-state index in [1.165, 1.54) is 29.3 Å². The van der Waals surface area contributed by atoms with E-state index >= 15 is 0 Å². The van der Waals surface area contributed by atoms with Crippen molar-refractivity contribution in [1.82, 2.24) is 15.2 Å². The predicted octanol–water partition coefficient (Wildman–Crippen LogP) is 4.39. The minimum Gasteiger partial charge on any atom is -0.293 e. The Bertz CT molecular complexity index is 870. The van der Waals surface area contributed by atoms with Crippen molar-refractivity contribution in [1.29, 1.82) is 0 Å². The molecule has 3 aromatic rings. The molecule has 4 rings (SSSR count). The number of Topliss-reactive ketones (excluding diaryl/α,β-unsaturated/α-hetero) is 1. The minimum absolute atomic E-state index is 0.136. The van der Waals surface area contributed by atoms with E-state index in [1.807, 2.05) is 30.5 Å². The van der Waals surface area contributed by atoms with Gasteiger partial charge in [0, 0.05) is 5.56 Å². The molecule has 2 aromatic heterocycles. The van der Waals surface area contributed by atoms with E-state index in [2.05, 4.69) is 27.3 Å². The smallest absolute Gasteiger partial charge is 0.209 e. The van der Waals surface area contributed by atoms with E-state index in [1.54, 1.807) is 11.3 Å². The number of aromatic nitrogens is 3. The molecular weight excluding hydrogens is 338 g/mol. The van der Waals surface area contributed by atoms with Gasteiger partial charge in [-0.15, -0.1) is 16.4 Å². The molecule has 0 radical (unpaired) electrons. The van der Waals surface area contributed by atoms with Crippen LogP contribution in [0.3, 0.4) is 0 Å². The lowest BCUT2D eigenvalue weighted by Crippen LogP contribution is -2.14. The van der Waals surface area contributed by atoms with Crippen LogP contribution in [0.2, 0.25) is 0 Å². The second-order valence-electron chi connectivity index (χ2n) is 5.91. The molecule has 1 aliphatic rings. The molecule has 1 aliphatic carbocycles. The second kappa shape index (κ2) is 6.53. The lowest BCUT2D eigenvalue weighted by Gasteiger charge is -2.09. The lowest BCUT2D eigenvalue weighted by molar-refractivity contribution is 0.0994. The fourth-order valence-electron chi connectivity index (χ4n) is 2.99. The molecule has 122 valence electrons. The SMILES string of the molecule is C[C@@H](Sc1n[nH]c(-c2cccs2)n1)C(=O)c1ccc2c(c1)CCC2. The number of aryl methyl sites for hydroxylation is 2. The Morgan fingerprint density at radius 2 is 2.17 bits per heavy atom. The summed E-state index contributed by atoms with van der Waals surface area (Å²) in [6.07, 6.45) is 3.42. The molecule has 0 saturated carbocycles. The fraction of sp³-hybridized carbons (Fsp3) is 0.278. The molecule has 0 saturated heterocycles. The Morgan fingerprint density at radius 1 is 1.29 bits per heavy atom.